The molecule has 1 saturated carbocycles. The van der Waals surface area contributed by atoms with Gasteiger partial charge in [-0.25, -0.2) is 0 Å². The third-order valence-electron chi connectivity index (χ3n) is 3.94. The van der Waals surface area contributed by atoms with Gasteiger partial charge in [-0.05, 0) is 24.5 Å². The number of nitrogens with zero attached hydrogens (tertiary/aromatic N) is 1. The molecule has 2 atom stereocenters. The van der Waals surface area contributed by atoms with E-state index < -0.39 is 0 Å². The van der Waals surface area contributed by atoms with Crippen LogP contribution in [-0.2, 0) is 4.74 Å². The summed E-state index contributed by atoms with van der Waals surface area (Å²) in [5, 5.41) is 1.22. The zero-order valence-corrected chi connectivity index (χ0v) is 12.2. The molecule has 1 aromatic rings. The van der Waals surface area contributed by atoms with Crippen molar-refractivity contribution in [1.82, 2.24) is 4.90 Å². The van der Waals surface area contributed by atoms with Crippen LogP contribution < -0.4 is 5.73 Å². The second kappa shape index (κ2) is 5.58. The van der Waals surface area contributed by atoms with Crippen molar-refractivity contribution in [2.75, 3.05) is 19.7 Å². The highest BCUT2D eigenvalue weighted by Crippen LogP contribution is 2.42. The molecule has 3 rings (SSSR count). The van der Waals surface area contributed by atoms with Crippen molar-refractivity contribution in [2.24, 2.45) is 5.73 Å². The quantitative estimate of drug-likeness (QED) is 0.933. The summed E-state index contributed by atoms with van der Waals surface area (Å²) in [6.07, 6.45) is 2.50. The molecule has 5 heteroatoms. The summed E-state index contributed by atoms with van der Waals surface area (Å²) < 4.78 is 5.83. The molecule has 0 radical (unpaired) electrons. The Morgan fingerprint density at radius 1 is 1.32 bits per heavy atom. The Kier molecular flexibility index (Phi) is 4.01. The Labute approximate surface area is 123 Å². The predicted molar refractivity (Wildman–Crippen MR) is 77.7 cm³/mol. The second-order valence-electron chi connectivity index (χ2n) is 5.20. The molecule has 2 unspecified atom stereocenters. The van der Waals surface area contributed by atoms with Gasteiger partial charge in [0, 0.05) is 19.1 Å². The fourth-order valence-corrected chi connectivity index (χ4v) is 3.31. The van der Waals surface area contributed by atoms with Crippen molar-refractivity contribution in [2.45, 2.75) is 31.0 Å². The summed E-state index contributed by atoms with van der Waals surface area (Å²) in [5.41, 5.74) is 6.91. The first-order chi connectivity index (χ1) is 9.22. The lowest BCUT2D eigenvalue weighted by atomic mass is 9.97. The molecular formula is C14H18Cl2N2O. The third kappa shape index (κ3) is 2.63. The maximum atomic E-state index is 6.38. The average Bonchev–Trinajstić information content (AvgIpc) is 3.25. The Morgan fingerprint density at radius 3 is 2.79 bits per heavy atom. The van der Waals surface area contributed by atoms with Crippen LogP contribution in [0, 0.1) is 0 Å². The fourth-order valence-electron chi connectivity index (χ4n) is 2.89. The van der Waals surface area contributed by atoms with E-state index in [1.807, 2.05) is 18.2 Å². The van der Waals surface area contributed by atoms with Crippen molar-refractivity contribution in [3.63, 3.8) is 0 Å². The van der Waals surface area contributed by atoms with Crippen molar-refractivity contribution >= 4 is 23.2 Å². The van der Waals surface area contributed by atoms with E-state index in [1.165, 1.54) is 12.8 Å². The van der Waals surface area contributed by atoms with Crippen LogP contribution in [0.15, 0.2) is 18.2 Å². The summed E-state index contributed by atoms with van der Waals surface area (Å²) in [5.74, 6) is 0. The summed E-state index contributed by atoms with van der Waals surface area (Å²) in [4.78, 5) is 2.48. The number of hydrogen-bond acceptors (Lipinski definition) is 3. The summed E-state index contributed by atoms with van der Waals surface area (Å²) >= 11 is 12.5. The number of rotatable bonds is 3. The molecule has 104 valence electrons. The first-order valence-corrected chi connectivity index (χ1v) is 7.49. The maximum Gasteiger partial charge on any atom is 0.0894 e. The number of benzene rings is 1. The van der Waals surface area contributed by atoms with Gasteiger partial charge in [-0.1, -0.05) is 35.3 Å². The number of ether oxygens (including phenoxy) is 1. The van der Waals surface area contributed by atoms with E-state index in [4.69, 9.17) is 33.7 Å². The minimum atomic E-state index is -0.00897. The van der Waals surface area contributed by atoms with Gasteiger partial charge in [-0.15, -0.1) is 0 Å². The molecule has 1 aromatic carbocycles. The smallest absolute Gasteiger partial charge is 0.0894 e. The van der Waals surface area contributed by atoms with Gasteiger partial charge in [-0.2, -0.15) is 0 Å². The van der Waals surface area contributed by atoms with Gasteiger partial charge in [0.05, 0.1) is 28.8 Å². The Balaban J connectivity index is 1.98. The third-order valence-corrected chi connectivity index (χ3v) is 4.77. The van der Waals surface area contributed by atoms with Gasteiger partial charge in [-0.3, -0.25) is 4.90 Å². The molecule has 0 spiro atoms. The van der Waals surface area contributed by atoms with E-state index in [2.05, 4.69) is 4.90 Å². The Hall–Kier alpha value is -0.320. The van der Waals surface area contributed by atoms with Crippen molar-refractivity contribution < 1.29 is 4.74 Å². The monoisotopic (exact) mass is 300 g/mol. The van der Waals surface area contributed by atoms with Gasteiger partial charge < -0.3 is 10.5 Å². The molecule has 1 heterocycles. The first kappa shape index (κ1) is 13.7. The van der Waals surface area contributed by atoms with Crippen LogP contribution >= 0.6 is 23.2 Å². The molecular weight excluding hydrogens is 283 g/mol. The van der Waals surface area contributed by atoms with E-state index in [0.717, 1.165) is 18.7 Å². The predicted octanol–water partition coefficient (Wildman–Crippen LogP) is 2.86. The van der Waals surface area contributed by atoms with Gasteiger partial charge in [0.25, 0.3) is 0 Å². The minimum absolute atomic E-state index is 0.00897. The van der Waals surface area contributed by atoms with Crippen LogP contribution in [0.25, 0.3) is 0 Å². The largest absolute Gasteiger partial charge is 0.374 e. The summed E-state index contributed by atoms with van der Waals surface area (Å²) in [6.45, 7) is 2.18. The Morgan fingerprint density at radius 2 is 2.11 bits per heavy atom. The molecule has 2 N–H and O–H groups in total. The lowest BCUT2D eigenvalue weighted by molar-refractivity contribution is -0.0712. The lowest BCUT2D eigenvalue weighted by Crippen LogP contribution is -2.49. The highest BCUT2D eigenvalue weighted by Gasteiger charge is 2.41. The van der Waals surface area contributed by atoms with Gasteiger partial charge >= 0.3 is 0 Å². The van der Waals surface area contributed by atoms with Gasteiger partial charge in [0.1, 0.15) is 0 Å². The van der Waals surface area contributed by atoms with Crippen LogP contribution in [0.2, 0.25) is 10.0 Å². The normalized spacial score (nSPS) is 28.6. The topological polar surface area (TPSA) is 38.5 Å². The average molecular weight is 301 g/mol. The van der Waals surface area contributed by atoms with Crippen LogP contribution in [0.1, 0.15) is 24.4 Å². The number of morpholine rings is 1. The molecule has 2 aliphatic rings. The van der Waals surface area contributed by atoms with Crippen LogP contribution in [0.4, 0.5) is 0 Å². The molecule has 0 aromatic heterocycles. The number of halogens is 2. The molecule has 1 aliphatic carbocycles. The molecule has 3 nitrogen and oxygen atoms in total. The number of nitrogens with two attached hydrogens (primary N) is 1. The summed E-state index contributed by atoms with van der Waals surface area (Å²) in [7, 11) is 0. The molecule has 1 saturated heterocycles. The van der Waals surface area contributed by atoms with Crippen molar-refractivity contribution in [3.8, 4) is 0 Å². The molecule has 0 bridgehead atoms. The van der Waals surface area contributed by atoms with E-state index >= 15 is 0 Å². The zero-order chi connectivity index (χ0) is 13.4. The Bertz CT molecular complexity index is 465. The standard InChI is InChI=1S/C14H18Cl2N2O/c15-11-3-1-2-10(13(11)16)14-12(8-17)19-7-6-18(14)9-4-5-9/h1-3,9,12,14H,4-8,17H2. The van der Waals surface area contributed by atoms with Crippen LogP contribution in [-0.4, -0.2) is 36.7 Å². The first-order valence-electron chi connectivity index (χ1n) is 6.73. The minimum Gasteiger partial charge on any atom is -0.374 e. The van der Waals surface area contributed by atoms with Gasteiger partial charge in [0.2, 0.25) is 0 Å². The van der Waals surface area contributed by atoms with E-state index in [9.17, 15) is 0 Å². The highest BCUT2D eigenvalue weighted by atomic mass is 35.5. The van der Waals surface area contributed by atoms with Crippen molar-refractivity contribution in [3.05, 3.63) is 33.8 Å². The van der Waals surface area contributed by atoms with E-state index in [-0.39, 0.29) is 12.1 Å². The number of hydrogen-bond donors (Lipinski definition) is 1. The fraction of sp³-hybridized carbons (Fsp3) is 0.571. The highest BCUT2D eigenvalue weighted by molar-refractivity contribution is 6.42. The molecule has 2 fully saturated rings. The van der Waals surface area contributed by atoms with Crippen molar-refractivity contribution in [1.29, 1.82) is 0 Å². The zero-order valence-electron chi connectivity index (χ0n) is 10.7. The van der Waals surface area contributed by atoms with E-state index in [1.54, 1.807) is 0 Å². The second-order valence-corrected chi connectivity index (χ2v) is 5.99. The SMILES string of the molecule is NCC1OCCN(C2CC2)C1c1cccc(Cl)c1Cl. The van der Waals surface area contributed by atoms with Crippen LogP contribution in [0.5, 0.6) is 0 Å². The van der Waals surface area contributed by atoms with E-state index in [0.29, 0.717) is 22.6 Å². The maximum absolute atomic E-state index is 6.38. The van der Waals surface area contributed by atoms with Gasteiger partial charge in [0.15, 0.2) is 0 Å². The lowest BCUT2D eigenvalue weighted by Gasteiger charge is -2.41. The molecule has 0 amide bonds. The molecule has 19 heavy (non-hydrogen) atoms. The van der Waals surface area contributed by atoms with Crippen LogP contribution in [0.3, 0.4) is 0 Å². The summed E-state index contributed by atoms with van der Waals surface area (Å²) in [6, 6.07) is 6.56. The molecule has 1 aliphatic heterocycles.